The minimum atomic E-state index is 0.155. The molecule has 0 aromatic heterocycles. The molecule has 1 fully saturated rings. The van der Waals surface area contributed by atoms with Crippen LogP contribution in [-0.2, 0) is 5.41 Å². The van der Waals surface area contributed by atoms with E-state index < -0.39 is 0 Å². The minimum absolute atomic E-state index is 0.155. The van der Waals surface area contributed by atoms with Gasteiger partial charge in [0.25, 0.3) is 0 Å². The Bertz CT molecular complexity index is 463. The summed E-state index contributed by atoms with van der Waals surface area (Å²) >= 11 is 0. The van der Waals surface area contributed by atoms with E-state index in [9.17, 15) is 0 Å². The average molecular weight is 272 g/mol. The first-order valence-corrected chi connectivity index (χ1v) is 7.76. The summed E-state index contributed by atoms with van der Waals surface area (Å²) < 4.78 is 0. The quantitative estimate of drug-likeness (QED) is 0.837. The minimum Gasteiger partial charge on any atom is -0.399 e. The normalized spacial score (nSPS) is 17.1. The summed E-state index contributed by atoms with van der Waals surface area (Å²) in [5, 5.41) is 0. The lowest BCUT2D eigenvalue weighted by Crippen LogP contribution is -2.19. The molecule has 0 amide bonds. The van der Waals surface area contributed by atoms with Gasteiger partial charge in [0.05, 0.1) is 0 Å². The van der Waals surface area contributed by atoms with Crippen LogP contribution >= 0.6 is 0 Å². The van der Waals surface area contributed by atoms with Crippen molar-refractivity contribution in [2.45, 2.75) is 45.4 Å². The van der Waals surface area contributed by atoms with Crippen LogP contribution in [0.3, 0.4) is 0 Å². The zero-order valence-electron chi connectivity index (χ0n) is 13.2. The standard InChI is InChI=1S/C18H28N2/c1-18(2,3)17-10-9-16(19)14-15(17)8-4-5-11-20-12-6-7-13-20/h4,8-10,14H,5-7,11-13,19H2,1-3H3. The first-order chi connectivity index (χ1) is 9.47. The van der Waals surface area contributed by atoms with E-state index in [4.69, 9.17) is 5.73 Å². The van der Waals surface area contributed by atoms with Gasteiger partial charge >= 0.3 is 0 Å². The fourth-order valence-corrected chi connectivity index (χ4v) is 2.88. The van der Waals surface area contributed by atoms with Crippen molar-refractivity contribution in [1.29, 1.82) is 0 Å². The lowest BCUT2D eigenvalue weighted by Gasteiger charge is -2.22. The van der Waals surface area contributed by atoms with Gasteiger partial charge in [0, 0.05) is 12.2 Å². The number of nitrogen functional groups attached to an aromatic ring is 1. The highest BCUT2D eigenvalue weighted by Crippen LogP contribution is 2.28. The number of anilines is 1. The van der Waals surface area contributed by atoms with E-state index in [1.54, 1.807) is 0 Å². The molecule has 1 heterocycles. The Morgan fingerprint density at radius 2 is 1.90 bits per heavy atom. The van der Waals surface area contributed by atoms with Gasteiger partial charge in [-0.2, -0.15) is 0 Å². The summed E-state index contributed by atoms with van der Waals surface area (Å²) in [5.74, 6) is 0. The van der Waals surface area contributed by atoms with Crippen LogP contribution in [0.15, 0.2) is 24.3 Å². The predicted octanol–water partition coefficient (Wildman–Crippen LogP) is 4.07. The molecule has 2 nitrogen and oxygen atoms in total. The van der Waals surface area contributed by atoms with Crippen molar-refractivity contribution in [3.05, 3.63) is 35.4 Å². The Morgan fingerprint density at radius 1 is 1.20 bits per heavy atom. The van der Waals surface area contributed by atoms with E-state index >= 15 is 0 Å². The van der Waals surface area contributed by atoms with Crippen LogP contribution in [0.25, 0.3) is 6.08 Å². The van der Waals surface area contributed by atoms with E-state index in [-0.39, 0.29) is 5.41 Å². The van der Waals surface area contributed by atoms with E-state index in [1.807, 2.05) is 6.07 Å². The number of hydrogen-bond acceptors (Lipinski definition) is 2. The lowest BCUT2D eigenvalue weighted by atomic mass is 9.83. The van der Waals surface area contributed by atoms with Crippen LogP contribution < -0.4 is 5.73 Å². The summed E-state index contributed by atoms with van der Waals surface area (Å²) in [5.41, 5.74) is 9.56. The molecule has 2 rings (SSSR count). The maximum Gasteiger partial charge on any atom is 0.0320 e. The highest BCUT2D eigenvalue weighted by atomic mass is 15.1. The molecular formula is C18H28N2. The summed E-state index contributed by atoms with van der Waals surface area (Å²) in [4.78, 5) is 2.55. The summed E-state index contributed by atoms with van der Waals surface area (Å²) in [6.07, 6.45) is 8.40. The molecule has 0 spiro atoms. The molecule has 0 aliphatic carbocycles. The van der Waals surface area contributed by atoms with Crippen LogP contribution in [0.5, 0.6) is 0 Å². The number of likely N-dealkylation sites (tertiary alicyclic amines) is 1. The Labute approximate surface area is 123 Å². The monoisotopic (exact) mass is 272 g/mol. The van der Waals surface area contributed by atoms with Gasteiger partial charge < -0.3 is 10.6 Å². The molecule has 1 aliphatic rings. The molecule has 2 N–H and O–H groups in total. The van der Waals surface area contributed by atoms with Crippen LogP contribution in [0.2, 0.25) is 0 Å². The Balaban J connectivity index is 2.01. The second kappa shape index (κ2) is 6.45. The third kappa shape index (κ3) is 4.11. The third-order valence-electron chi connectivity index (χ3n) is 3.99. The maximum absolute atomic E-state index is 5.93. The smallest absolute Gasteiger partial charge is 0.0320 e. The van der Waals surface area contributed by atoms with Crippen molar-refractivity contribution in [3.63, 3.8) is 0 Å². The van der Waals surface area contributed by atoms with Crippen molar-refractivity contribution < 1.29 is 0 Å². The van der Waals surface area contributed by atoms with Crippen molar-refractivity contribution in [3.8, 4) is 0 Å². The van der Waals surface area contributed by atoms with Gasteiger partial charge in [-0.1, -0.05) is 39.0 Å². The molecule has 0 radical (unpaired) electrons. The van der Waals surface area contributed by atoms with Gasteiger partial charge in [0.15, 0.2) is 0 Å². The Morgan fingerprint density at radius 3 is 2.55 bits per heavy atom. The number of rotatable bonds is 4. The van der Waals surface area contributed by atoms with E-state index in [0.717, 1.165) is 12.1 Å². The maximum atomic E-state index is 5.93. The van der Waals surface area contributed by atoms with Crippen LogP contribution in [0.4, 0.5) is 5.69 Å². The molecule has 2 heteroatoms. The highest BCUT2D eigenvalue weighted by molar-refractivity contribution is 5.61. The fraction of sp³-hybridized carbons (Fsp3) is 0.556. The number of benzene rings is 1. The summed E-state index contributed by atoms with van der Waals surface area (Å²) in [6.45, 7) is 10.5. The average Bonchev–Trinajstić information content (AvgIpc) is 2.86. The van der Waals surface area contributed by atoms with Crippen molar-refractivity contribution in [1.82, 2.24) is 4.90 Å². The SMILES string of the molecule is CC(C)(C)c1ccc(N)cc1C=CCCN1CCCC1. The first kappa shape index (κ1) is 15.1. The van der Waals surface area contributed by atoms with Crippen molar-refractivity contribution in [2.75, 3.05) is 25.4 Å². The number of hydrogen-bond donors (Lipinski definition) is 1. The molecule has 1 aromatic carbocycles. The first-order valence-electron chi connectivity index (χ1n) is 7.76. The molecule has 20 heavy (non-hydrogen) atoms. The van der Waals surface area contributed by atoms with Gasteiger partial charge in [-0.25, -0.2) is 0 Å². The second-order valence-corrected chi connectivity index (χ2v) is 6.84. The van der Waals surface area contributed by atoms with E-state index in [2.05, 4.69) is 50.0 Å². The van der Waals surface area contributed by atoms with E-state index in [0.29, 0.717) is 0 Å². The van der Waals surface area contributed by atoms with Gasteiger partial charge in [0.2, 0.25) is 0 Å². The van der Waals surface area contributed by atoms with Crippen LogP contribution in [-0.4, -0.2) is 24.5 Å². The Kier molecular flexibility index (Phi) is 4.87. The second-order valence-electron chi connectivity index (χ2n) is 6.84. The number of nitrogens with two attached hydrogens (primary N) is 1. The zero-order chi connectivity index (χ0) is 14.6. The largest absolute Gasteiger partial charge is 0.399 e. The lowest BCUT2D eigenvalue weighted by molar-refractivity contribution is 0.346. The molecule has 1 saturated heterocycles. The molecule has 110 valence electrons. The van der Waals surface area contributed by atoms with Gasteiger partial charge in [-0.05, 0) is 61.0 Å². The van der Waals surface area contributed by atoms with Crippen molar-refractivity contribution in [2.24, 2.45) is 0 Å². The molecule has 0 atom stereocenters. The van der Waals surface area contributed by atoms with Crippen molar-refractivity contribution >= 4 is 11.8 Å². The molecular weight excluding hydrogens is 244 g/mol. The van der Waals surface area contributed by atoms with Gasteiger partial charge in [-0.3, -0.25) is 0 Å². The number of nitrogens with zero attached hydrogens (tertiary/aromatic N) is 1. The van der Waals surface area contributed by atoms with Crippen LogP contribution in [0.1, 0.15) is 51.2 Å². The summed E-state index contributed by atoms with van der Waals surface area (Å²) in [6, 6.07) is 6.25. The zero-order valence-corrected chi connectivity index (χ0v) is 13.2. The predicted molar refractivity (Wildman–Crippen MR) is 88.9 cm³/mol. The fourth-order valence-electron chi connectivity index (χ4n) is 2.88. The Hall–Kier alpha value is -1.28. The van der Waals surface area contributed by atoms with Crippen LogP contribution in [0, 0.1) is 0 Å². The molecule has 0 saturated carbocycles. The third-order valence-corrected chi connectivity index (χ3v) is 3.99. The molecule has 0 bridgehead atoms. The van der Waals surface area contributed by atoms with Gasteiger partial charge in [-0.15, -0.1) is 0 Å². The highest BCUT2D eigenvalue weighted by Gasteiger charge is 2.16. The topological polar surface area (TPSA) is 29.3 Å². The molecule has 0 unspecified atom stereocenters. The van der Waals surface area contributed by atoms with E-state index in [1.165, 1.54) is 43.6 Å². The molecule has 1 aliphatic heterocycles. The van der Waals surface area contributed by atoms with Gasteiger partial charge in [0.1, 0.15) is 0 Å². The summed E-state index contributed by atoms with van der Waals surface area (Å²) in [7, 11) is 0. The molecule has 1 aromatic rings.